The number of thioether (sulfide) groups is 1. The number of nitrogens with one attached hydrogen (secondary N) is 1. The zero-order valence-corrected chi connectivity index (χ0v) is 15.1. The molecule has 0 aliphatic heterocycles. The Bertz CT molecular complexity index is 820. The minimum Gasteiger partial charge on any atom is -0.468 e. The first-order valence-corrected chi connectivity index (χ1v) is 8.76. The van der Waals surface area contributed by atoms with Crippen molar-refractivity contribution in [2.24, 2.45) is 0 Å². The van der Waals surface area contributed by atoms with Crippen molar-refractivity contribution in [2.75, 3.05) is 11.9 Å². The van der Waals surface area contributed by atoms with Gasteiger partial charge in [-0.05, 0) is 18.2 Å². The lowest BCUT2D eigenvalue weighted by atomic mass is 10.2. The van der Waals surface area contributed by atoms with Gasteiger partial charge in [-0.1, -0.05) is 19.1 Å². The lowest BCUT2D eigenvalue weighted by molar-refractivity contribution is -0.154. The fourth-order valence-corrected chi connectivity index (χ4v) is 3.00. The molecule has 1 N–H and O–H groups in total. The number of amides is 1. The number of nitrogens with zero attached hydrogens (tertiary/aromatic N) is 2. The van der Waals surface area contributed by atoms with E-state index in [1.165, 1.54) is 23.9 Å². The zero-order valence-electron chi connectivity index (χ0n) is 14.3. The monoisotopic (exact) mass is 395 g/mol. The number of halogens is 3. The van der Waals surface area contributed by atoms with E-state index in [1.807, 2.05) is 19.1 Å². The Morgan fingerprint density at radius 1 is 1.33 bits per heavy atom. The van der Waals surface area contributed by atoms with E-state index in [2.05, 4.69) is 21.1 Å². The summed E-state index contributed by atoms with van der Waals surface area (Å²) < 4.78 is 40.9. The van der Waals surface area contributed by atoms with Crippen LogP contribution in [0.2, 0.25) is 0 Å². The third-order valence-corrected chi connectivity index (χ3v) is 4.40. The van der Waals surface area contributed by atoms with Crippen LogP contribution >= 0.6 is 11.8 Å². The van der Waals surface area contributed by atoms with Gasteiger partial charge in [-0.3, -0.25) is 4.79 Å². The van der Waals surface area contributed by atoms with Crippen molar-refractivity contribution in [3.8, 4) is 11.9 Å². The molecule has 2 aromatic rings. The normalized spacial score (nSPS) is 12.1. The highest BCUT2D eigenvalue weighted by Gasteiger charge is 2.28. The van der Waals surface area contributed by atoms with Crippen LogP contribution < -0.4 is 10.1 Å². The second-order valence-electron chi connectivity index (χ2n) is 5.53. The third-order valence-electron chi connectivity index (χ3n) is 3.22. The molecule has 142 valence electrons. The molecule has 1 heterocycles. The SMILES string of the molecule is C[C@H](CC#N)Sc1ccccc1NC(=O)c1ccc(OCC(F)(F)F)nc1. The van der Waals surface area contributed by atoms with E-state index in [9.17, 15) is 18.0 Å². The summed E-state index contributed by atoms with van der Waals surface area (Å²) in [4.78, 5) is 16.9. The highest BCUT2D eigenvalue weighted by Crippen LogP contribution is 2.31. The molecule has 1 atom stereocenters. The van der Waals surface area contributed by atoms with Crippen LogP contribution in [-0.4, -0.2) is 28.9 Å². The van der Waals surface area contributed by atoms with Crippen molar-refractivity contribution < 1.29 is 22.7 Å². The first-order chi connectivity index (χ1) is 12.8. The van der Waals surface area contributed by atoms with Crippen LogP contribution in [0.5, 0.6) is 5.88 Å². The summed E-state index contributed by atoms with van der Waals surface area (Å²) in [5.74, 6) is -0.670. The number of alkyl halides is 3. The van der Waals surface area contributed by atoms with Gasteiger partial charge < -0.3 is 10.1 Å². The fourth-order valence-electron chi connectivity index (χ4n) is 2.01. The quantitative estimate of drug-likeness (QED) is 0.690. The van der Waals surface area contributed by atoms with E-state index >= 15 is 0 Å². The van der Waals surface area contributed by atoms with Gasteiger partial charge in [0.15, 0.2) is 6.61 Å². The molecule has 9 heteroatoms. The molecule has 5 nitrogen and oxygen atoms in total. The maximum atomic E-state index is 12.4. The average Bonchev–Trinajstić information content (AvgIpc) is 2.61. The molecule has 0 saturated carbocycles. The number of para-hydroxylation sites is 1. The number of nitriles is 1. The summed E-state index contributed by atoms with van der Waals surface area (Å²) in [5.41, 5.74) is 0.758. The van der Waals surface area contributed by atoms with E-state index in [-0.39, 0.29) is 16.7 Å². The van der Waals surface area contributed by atoms with Crippen LogP contribution in [0.1, 0.15) is 23.7 Å². The van der Waals surface area contributed by atoms with Gasteiger partial charge in [0.2, 0.25) is 5.88 Å². The van der Waals surface area contributed by atoms with Gasteiger partial charge >= 0.3 is 6.18 Å². The molecule has 0 fully saturated rings. The Labute approximate surface area is 158 Å². The summed E-state index contributed by atoms with van der Waals surface area (Å²) in [7, 11) is 0. The molecule has 0 radical (unpaired) electrons. The topological polar surface area (TPSA) is 75.0 Å². The number of pyridine rings is 1. The number of anilines is 1. The second-order valence-corrected chi connectivity index (χ2v) is 7.01. The number of rotatable bonds is 7. The van der Waals surface area contributed by atoms with E-state index in [1.54, 1.807) is 12.1 Å². The van der Waals surface area contributed by atoms with Gasteiger partial charge in [-0.15, -0.1) is 11.8 Å². The molecule has 2 rings (SSSR count). The summed E-state index contributed by atoms with van der Waals surface area (Å²) in [6, 6.07) is 11.8. The molecule has 1 amide bonds. The second kappa shape index (κ2) is 9.28. The average molecular weight is 395 g/mol. The van der Waals surface area contributed by atoms with Crippen LogP contribution in [0.3, 0.4) is 0 Å². The van der Waals surface area contributed by atoms with Gasteiger partial charge in [-0.2, -0.15) is 18.4 Å². The standard InChI is InChI=1S/C18H16F3N3O2S/c1-12(8-9-22)27-15-5-3-2-4-14(15)24-17(25)13-6-7-16(23-10-13)26-11-18(19,20)21/h2-7,10,12H,8,11H2,1H3,(H,24,25)/t12-/m1/s1. The van der Waals surface area contributed by atoms with E-state index in [0.717, 1.165) is 11.1 Å². The number of carbonyl (C=O) groups excluding carboxylic acids is 1. The van der Waals surface area contributed by atoms with Crippen LogP contribution in [0.4, 0.5) is 18.9 Å². The summed E-state index contributed by atoms with van der Waals surface area (Å²) in [6.07, 6.45) is -2.94. The Morgan fingerprint density at radius 2 is 2.07 bits per heavy atom. The van der Waals surface area contributed by atoms with Crippen molar-refractivity contribution in [3.63, 3.8) is 0 Å². The van der Waals surface area contributed by atoms with Crippen molar-refractivity contribution in [1.82, 2.24) is 4.98 Å². The minimum atomic E-state index is -4.46. The van der Waals surface area contributed by atoms with Crippen molar-refractivity contribution in [2.45, 2.75) is 29.7 Å². The number of hydrogen-bond donors (Lipinski definition) is 1. The van der Waals surface area contributed by atoms with Crippen molar-refractivity contribution in [1.29, 1.82) is 5.26 Å². The van der Waals surface area contributed by atoms with Gasteiger partial charge in [0.05, 0.1) is 17.3 Å². The Kier molecular flexibility index (Phi) is 7.07. The molecule has 1 aromatic heterocycles. The Hall–Kier alpha value is -2.73. The molecule has 1 aromatic carbocycles. The van der Waals surface area contributed by atoms with E-state index in [4.69, 9.17) is 5.26 Å². The van der Waals surface area contributed by atoms with Crippen LogP contribution in [0.25, 0.3) is 0 Å². The minimum absolute atomic E-state index is 0.0554. The fraction of sp³-hybridized carbons (Fsp3) is 0.278. The predicted molar refractivity (Wildman–Crippen MR) is 95.7 cm³/mol. The molecule has 0 spiro atoms. The Balaban J connectivity index is 2.04. The molecule has 0 saturated heterocycles. The van der Waals surface area contributed by atoms with E-state index in [0.29, 0.717) is 12.1 Å². The van der Waals surface area contributed by atoms with Crippen molar-refractivity contribution >= 4 is 23.4 Å². The predicted octanol–water partition coefficient (Wildman–Crippen LogP) is 4.67. The first-order valence-electron chi connectivity index (χ1n) is 7.88. The first kappa shape index (κ1) is 20.6. The summed E-state index contributed by atoms with van der Waals surface area (Å²) in [6.45, 7) is 0.465. The summed E-state index contributed by atoms with van der Waals surface area (Å²) >= 11 is 1.46. The Morgan fingerprint density at radius 3 is 2.70 bits per heavy atom. The van der Waals surface area contributed by atoms with Gasteiger partial charge in [-0.25, -0.2) is 4.98 Å². The molecule has 0 unspecified atom stereocenters. The van der Waals surface area contributed by atoms with Crippen LogP contribution in [0.15, 0.2) is 47.5 Å². The number of aromatic nitrogens is 1. The van der Waals surface area contributed by atoms with Crippen LogP contribution in [0, 0.1) is 11.3 Å². The molecule has 0 aliphatic rings. The van der Waals surface area contributed by atoms with Crippen LogP contribution in [-0.2, 0) is 0 Å². The number of hydrogen-bond acceptors (Lipinski definition) is 5. The zero-order chi connectivity index (χ0) is 19.9. The van der Waals surface area contributed by atoms with E-state index < -0.39 is 18.7 Å². The number of benzene rings is 1. The molecule has 0 bridgehead atoms. The lowest BCUT2D eigenvalue weighted by Crippen LogP contribution is -2.19. The van der Waals surface area contributed by atoms with Gasteiger partial charge in [0, 0.05) is 28.8 Å². The maximum Gasteiger partial charge on any atom is 0.422 e. The molecular formula is C18H16F3N3O2S. The third kappa shape index (κ3) is 6.83. The molecule has 27 heavy (non-hydrogen) atoms. The lowest BCUT2D eigenvalue weighted by Gasteiger charge is -2.13. The number of carbonyl (C=O) groups is 1. The highest BCUT2D eigenvalue weighted by molar-refractivity contribution is 8.00. The maximum absolute atomic E-state index is 12.4. The smallest absolute Gasteiger partial charge is 0.422 e. The van der Waals surface area contributed by atoms with Crippen molar-refractivity contribution in [3.05, 3.63) is 48.2 Å². The summed E-state index contributed by atoms with van der Waals surface area (Å²) in [5, 5.41) is 11.6. The number of ether oxygens (including phenoxy) is 1. The largest absolute Gasteiger partial charge is 0.468 e. The highest BCUT2D eigenvalue weighted by atomic mass is 32.2. The molecule has 0 aliphatic carbocycles. The van der Waals surface area contributed by atoms with Gasteiger partial charge in [0.25, 0.3) is 5.91 Å². The van der Waals surface area contributed by atoms with Gasteiger partial charge in [0.1, 0.15) is 0 Å². The molecular weight excluding hydrogens is 379 g/mol.